The number of aromatic carboxylic acids is 1. The van der Waals surface area contributed by atoms with Gasteiger partial charge in [-0.1, -0.05) is 37.5 Å². The topological polar surface area (TPSA) is 57.5 Å². The molecule has 1 aliphatic rings. The van der Waals surface area contributed by atoms with Gasteiger partial charge in [0.25, 0.3) is 0 Å². The first kappa shape index (κ1) is 11.1. The van der Waals surface area contributed by atoms with E-state index in [-0.39, 0.29) is 5.56 Å². The lowest BCUT2D eigenvalue weighted by Gasteiger charge is -2.33. The molecule has 0 atom stereocenters. The minimum atomic E-state index is -0.963. The molecule has 1 saturated carbocycles. The Morgan fingerprint density at radius 3 is 2.38 bits per heavy atom. The fourth-order valence-electron chi connectivity index (χ4n) is 2.48. The fourth-order valence-corrected chi connectivity index (χ4v) is 2.48. The molecule has 0 radical (unpaired) electrons. The number of carbonyl (C=O) groups is 1. The number of carboxylic acids is 1. The van der Waals surface area contributed by atoms with E-state index in [9.17, 15) is 9.90 Å². The van der Waals surface area contributed by atoms with Gasteiger partial charge in [0.05, 0.1) is 11.2 Å². The van der Waals surface area contributed by atoms with Crippen LogP contribution in [0.15, 0.2) is 24.3 Å². The highest BCUT2D eigenvalue weighted by Crippen LogP contribution is 2.38. The number of aliphatic hydroxyl groups is 1. The van der Waals surface area contributed by atoms with Crippen molar-refractivity contribution in [1.82, 2.24) is 0 Å². The summed E-state index contributed by atoms with van der Waals surface area (Å²) in [6.07, 6.45) is 4.38. The summed E-state index contributed by atoms with van der Waals surface area (Å²) in [4.78, 5) is 11.1. The molecule has 0 bridgehead atoms. The molecule has 0 amide bonds. The van der Waals surface area contributed by atoms with Crippen LogP contribution < -0.4 is 0 Å². The van der Waals surface area contributed by atoms with Crippen LogP contribution in [-0.4, -0.2) is 16.2 Å². The SMILES string of the molecule is O=C(O)c1ccccc1C1(O)CCCCC1. The number of carboxylic acid groups (broad SMARTS) is 1. The third-order valence-electron chi connectivity index (χ3n) is 3.34. The van der Waals surface area contributed by atoms with Gasteiger partial charge in [0, 0.05) is 0 Å². The van der Waals surface area contributed by atoms with Gasteiger partial charge >= 0.3 is 5.97 Å². The fraction of sp³-hybridized carbons (Fsp3) is 0.462. The Kier molecular flexibility index (Phi) is 2.97. The zero-order valence-electron chi connectivity index (χ0n) is 9.15. The molecule has 0 unspecified atom stereocenters. The molecule has 0 aromatic heterocycles. The first-order valence-corrected chi connectivity index (χ1v) is 5.69. The van der Waals surface area contributed by atoms with Crippen LogP contribution in [0.25, 0.3) is 0 Å². The molecule has 0 heterocycles. The first-order valence-electron chi connectivity index (χ1n) is 5.69. The van der Waals surface area contributed by atoms with Crippen LogP contribution in [0.3, 0.4) is 0 Å². The molecular weight excluding hydrogens is 204 g/mol. The van der Waals surface area contributed by atoms with Gasteiger partial charge in [-0.3, -0.25) is 0 Å². The van der Waals surface area contributed by atoms with Gasteiger partial charge in [0.2, 0.25) is 0 Å². The van der Waals surface area contributed by atoms with Crippen molar-refractivity contribution in [3.8, 4) is 0 Å². The van der Waals surface area contributed by atoms with Gasteiger partial charge in [-0.2, -0.15) is 0 Å². The molecule has 1 aromatic carbocycles. The average molecular weight is 220 g/mol. The lowest BCUT2D eigenvalue weighted by Crippen LogP contribution is -2.30. The van der Waals surface area contributed by atoms with E-state index in [1.165, 1.54) is 0 Å². The zero-order chi connectivity index (χ0) is 11.6. The number of benzene rings is 1. The zero-order valence-corrected chi connectivity index (χ0v) is 9.15. The van der Waals surface area contributed by atoms with Gasteiger partial charge in [-0.15, -0.1) is 0 Å². The van der Waals surface area contributed by atoms with Crippen molar-refractivity contribution in [2.45, 2.75) is 37.7 Å². The van der Waals surface area contributed by atoms with Crippen LogP contribution in [0.1, 0.15) is 48.0 Å². The molecule has 0 saturated heterocycles. The second-order valence-corrected chi connectivity index (χ2v) is 4.44. The van der Waals surface area contributed by atoms with E-state index >= 15 is 0 Å². The summed E-state index contributed by atoms with van der Waals surface area (Å²) in [7, 11) is 0. The lowest BCUT2D eigenvalue weighted by molar-refractivity contribution is -0.00198. The second-order valence-electron chi connectivity index (χ2n) is 4.44. The molecule has 0 spiro atoms. The smallest absolute Gasteiger partial charge is 0.336 e. The van der Waals surface area contributed by atoms with Crippen LogP contribution in [0.2, 0.25) is 0 Å². The van der Waals surface area contributed by atoms with E-state index < -0.39 is 11.6 Å². The molecule has 3 heteroatoms. The van der Waals surface area contributed by atoms with E-state index in [2.05, 4.69) is 0 Å². The summed E-state index contributed by atoms with van der Waals surface area (Å²) in [5, 5.41) is 19.6. The Morgan fingerprint density at radius 1 is 1.12 bits per heavy atom. The van der Waals surface area contributed by atoms with Crippen molar-refractivity contribution in [3.63, 3.8) is 0 Å². The Bertz CT molecular complexity index is 392. The molecule has 1 fully saturated rings. The third kappa shape index (κ3) is 1.95. The van der Waals surface area contributed by atoms with Gasteiger partial charge in [-0.05, 0) is 24.5 Å². The summed E-state index contributed by atoms with van der Waals surface area (Å²) in [5.41, 5.74) is -0.137. The Balaban J connectivity index is 2.42. The summed E-state index contributed by atoms with van der Waals surface area (Å²) in [6, 6.07) is 6.77. The van der Waals surface area contributed by atoms with Crippen LogP contribution in [0.4, 0.5) is 0 Å². The van der Waals surface area contributed by atoms with E-state index in [0.29, 0.717) is 18.4 Å². The van der Waals surface area contributed by atoms with Crippen molar-refractivity contribution < 1.29 is 15.0 Å². The number of rotatable bonds is 2. The van der Waals surface area contributed by atoms with E-state index in [1.807, 2.05) is 0 Å². The molecule has 3 nitrogen and oxygen atoms in total. The summed E-state index contributed by atoms with van der Waals surface area (Å²) in [5.74, 6) is -0.963. The standard InChI is InChI=1S/C13H16O3/c14-12(15)10-6-2-3-7-11(10)13(16)8-4-1-5-9-13/h2-3,6-7,16H,1,4-5,8-9H2,(H,14,15). The summed E-state index contributed by atoms with van der Waals surface area (Å²) >= 11 is 0. The minimum Gasteiger partial charge on any atom is -0.478 e. The predicted molar refractivity (Wildman–Crippen MR) is 60.4 cm³/mol. The molecule has 2 rings (SSSR count). The van der Waals surface area contributed by atoms with E-state index in [1.54, 1.807) is 24.3 Å². The largest absolute Gasteiger partial charge is 0.478 e. The van der Waals surface area contributed by atoms with E-state index in [4.69, 9.17) is 5.11 Å². The maximum absolute atomic E-state index is 11.1. The quantitative estimate of drug-likeness (QED) is 0.805. The van der Waals surface area contributed by atoms with Crippen LogP contribution in [-0.2, 0) is 5.60 Å². The number of hydrogen-bond acceptors (Lipinski definition) is 2. The Labute approximate surface area is 94.7 Å². The highest BCUT2D eigenvalue weighted by molar-refractivity contribution is 5.89. The van der Waals surface area contributed by atoms with Crippen molar-refractivity contribution >= 4 is 5.97 Å². The second kappa shape index (κ2) is 4.26. The average Bonchev–Trinajstić information content (AvgIpc) is 2.30. The van der Waals surface area contributed by atoms with Crippen molar-refractivity contribution in [2.75, 3.05) is 0 Å². The summed E-state index contributed by atoms with van der Waals surface area (Å²) < 4.78 is 0. The number of hydrogen-bond donors (Lipinski definition) is 2. The first-order chi connectivity index (χ1) is 7.63. The van der Waals surface area contributed by atoms with Crippen LogP contribution >= 0.6 is 0 Å². The van der Waals surface area contributed by atoms with E-state index in [0.717, 1.165) is 19.3 Å². The highest BCUT2D eigenvalue weighted by atomic mass is 16.4. The molecule has 1 aliphatic carbocycles. The molecule has 16 heavy (non-hydrogen) atoms. The van der Waals surface area contributed by atoms with Gasteiger partial charge in [-0.25, -0.2) is 4.79 Å². The summed E-state index contributed by atoms with van der Waals surface area (Å²) in [6.45, 7) is 0. The monoisotopic (exact) mass is 220 g/mol. The third-order valence-corrected chi connectivity index (χ3v) is 3.34. The molecule has 0 aliphatic heterocycles. The van der Waals surface area contributed by atoms with Crippen molar-refractivity contribution in [1.29, 1.82) is 0 Å². The van der Waals surface area contributed by atoms with Gasteiger partial charge < -0.3 is 10.2 Å². The Hall–Kier alpha value is -1.35. The molecular formula is C13H16O3. The predicted octanol–water partition coefficient (Wildman–Crippen LogP) is 2.54. The Morgan fingerprint density at radius 2 is 1.75 bits per heavy atom. The van der Waals surface area contributed by atoms with Crippen molar-refractivity contribution in [3.05, 3.63) is 35.4 Å². The minimum absolute atomic E-state index is 0.229. The lowest BCUT2D eigenvalue weighted by atomic mass is 9.78. The molecule has 86 valence electrons. The van der Waals surface area contributed by atoms with Crippen LogP contribution in [0, 0.1) is 0 Å². The molecule has 2 N–H and O–H groups in total. The van der Waals surface area contributed by atoms with Gasteiger partial charge in [0.15, 0.2) is 0 Å². The normalized spacial score (nSPS) is 19.3. The van der Waals surface area contributed by atoms with Crippen molar-refractivity contribution in [2.24, 2.45) is 0 Å². The molecule has 1 aromatic rings. The highest BCUT2D eigenvalue weighted by Gasteiger charge is 2.34. The maximum Gasteiger partial charge on any atom is 0.336 e. The maximum atomic E-state index is 11.1. The van der Waals surface area contributed by atoms with Crippen LogP contribution in [0.5, 0.6) is 0 Å². The van der Waals surface area contributed by atoms with Gasteiger partial charge in [0.1, 0.15) is 0 Å².